The van der Waals surface area contributed by atoms with Crippen molar-refractivity contribution in [2.45, 2.75) is 51.0 Å². The monoisotopic (exact) mass is 269 g/mol. The van der Waals surface area contributed by atoms with Crippen LogP contribution in [0.1, 0.15) is 50.5 Å². The third-order valence-electron chi connectivity index (χ3n) is 3.75. The molecule has 0 atom stereocenters. The van der Waals surface area contributed by atoms with E-state index in [1.807, 2.05) is 6.92 Å². The van der Waals surface area contributed by atoms with Crippen molar-refractivity contribution in [3.63, 3.8) is 0 Å². The minimum Gasteiger partial charge on any atom is -0.490 e. The predicted octanol–water partition coefficient (Wildman–Crippen LogP) is 3.74. The summed E-state index contributed by atoms with van der Waals surface area (Å²) in [5.41, 5.74) is 6.30. The normalized spacial score (nSPS) is 23.4. The second-order valence-corrected chi connectivity index (χ2v) is 5.24. The summed E-state index contributed by atoms with van der Waals surface area (Å²) in [6.45, 7) is 2.32. The van der Waals surface area contributed by atoms with Crippen molar-refractivity contribution in [1.29, 1.82) is 0 Å². The first-order valence-corrected chi connectivity index (χ1v) is 6.99. The molecule has 0 bridgehead atoms. The average molecular weight is 269 g/mol. The van der Waals surface area contributed by atoms with E-state index in [2.05, 4.69) is 0 Å². The fourth-order valence-electron chi connectivity index (χ4n) is 2.62. The van der Waals surface area contributed by atoms with Gasteiger partial charge in [0, 0.05) is 6.04 Å². The van der Waals surface area contributed by atoms with Crippen LogP contribution in [0.2, 0.25) is 0 Å². The number of ether oxygens (including phenoxy) is 1. The number of halogens is 2. The third kappa shape index (κ3) is 3.24. The largest absolute Gasteiger partial charge is 0.490 e. The minimum atomic E-state index is -0.860. The molecule has 1 aromatic rings. The van der Waals surface area contributed by atoms with Crippen LogP contribution in [-0.4, -0.2) is 12.6 Å². The summed E-state index contributed by atoms with van der Waals surface area (Å²) in [6, 6.07) is 3.40. The van der Waals surface area contributed by atoms with Gasteiger partial charge in [-0.15, -0.1) is 0 Å². The lowest BCUT2D eigenvalue weighted by Crippen LogP contribution is -2.26. The highest BCUT2D eigenvalue weighted by atomic mass is 19.2. The number of benzene rings is 1. The molecule has 1 saturated carbocycles. The van der Waals surface area contributed by atoms with E-state index < -0.39 is 11.6 Å². The molecule has 2 rings (SSSR count). The van der Waals surface area contributed by atoms with Gasteiger partial charge in [0.25, 0.3) is 0 Å². The van der Waals surface area contributed by atoms with Crippen molar-refractivity contribution in [1.82, 2.24) is 0 Å². The molecule has 0 saturated heterocycles. The van der Waals surface area contributed by atoms with Crippen LogP contribution >= 0.6 is 0 Å². The van der Waals surface area contributed by atoms with Gasteiger partial charge in [0.05, 0.1) is 6.61 Å². The van der Waals surface area contributed by atoms with Crippen molar-refractivity contribution in [3.05, 3.63) is 29.3 Å². The summed E-state index contributed by atoms with van der Waals surface area (Å²) in [7, 11) is 0. The van der Waals surface area contributed by atoms with Crippen molar-refractivity contribution in [2.24, 2.45) is 5.73 Å². The van der Waals surface area contributed by atoms with Gasteiger partial charge in [-0.25, -0.2) is 4.39 Å². The van der Waals surface area contributed by atoms with Crippen molar-refractivity contribution in [3.8, 4) is 5.75 Å². The molecule has 0 radical (unpaired) electrons. The highest BCUT2D eigenvalue weighted by Crippen LogP contribution is 2.36. The molecular weight excluding hydrogens is 248 g/mol. The summed E-state index contributed by atoms with van der Waals surface area (Å²) in [6.07, 6.45) is 4.17. The van der Waals surface area contributed by atoms with Gasteiger partial charge in [-0.3, -0.25) is 0 Å². The van der Waals surface area contributed by atoms with Crippen LogP contribution in [0.3, 0.4) is 0 Å². The van der Waals surface area contributed by atoms with E-state index in [1.165, 1.54) is 6.07 Å². The maximum absolute atomic E-state index is 14.1. The highest BCUT2D eigenvalue weighted by Gasteiger charge is 2.25. The summed E-state index contributed by atoms with van der Waals surface area (Å²) < 4.78 is 33.2. The molecule has 1 aliphatic carbocycles. The zero-order valence-electron chi connectivity index (χ0n) is 11.3. The molecule has 0 unspecified atom stereocenters. The Morgan fingerprint density at radius 2 is 1.84 bits per heavy atom. The molecule has 1 aromatic carbocycles. The third-order valence-corrected chi connectivity index (χ3v) is 3.75. The molecule has 4 heteroatoms. The fourth-order valence-corrected chi connectivity index (χ4v) is 2.62. The van der Waals surface area contributed by atoms with Crippen LogP contribution in [0.5, 0.6) is 5.75 Å². The van der Waals surface area contributed by atoms with E-state index in [-0.39, 0.29) is 17.7 Å². The van der Waals surface area contributed by atoms with E-state index in [1.54, 1.807) is 6.07 Å². The predicted molar refractivity (Wildman–Crippen MR) is 71.3 cm³/mol. The Balaban J connectivity index is 2.16. The van der Waals surface area contributed by atoms with Crippen LogP contribution in [0.4, 0.5) is 8.78 Å². The Morgan fingerprint density at radius 1 is 1.16 bits per heavy atom. The van der Waals surface area contributed by atoms with Crippen molar-refractivity contribution < 1.29 is 13.5 Å². The first-order chi connectivity index (χ1) is 9.13. The minimum absolute atomic E-state index is 0.00982. The standard InChI is InChI=1S/C15H21F2NO/c1-2-9-19-13-8-7-12(14(16)15(13)17)10-3-5-11(18)6-4-10/h7-8,10-11H,2-6,9,18H2,1H3. The van der Waals surface area contributed by atoms with Gasteiger partial charge >= 0.3 is 0 Å². The zero-order valence-corrected chi connectivity index (χ0v) is 11.3. The van der Waals surface area contributed by atoms with E-state index in [4.69, 9.17) is 10.5 Å². The maximum atomic E-state index is 14.1. The molecule has 1 aliphatic rings. The lowest BCUT2D eigenvalue weighted by molar-refractivity contribution is 0.293. The quantitative estimate of drug-likeness (QED) is 0.903. The molecule has 0 aromatic heterocycles. The molecule has 0 spiro atoms. The van der Waals surface area contributed by atoms with Crippen LogP contribution in [-0.2, 0) is 0 Å². The Kier molecular flexibility index (Phi) is 4.75. The Morgan fingerprint density at radius 3 is 2.47 bits per heavy atom. The van der Waals surface area contributed by atoms with Gasteiger partial charge in [-0.05, 0) is 49.7 Å². The van der Waals surface area contributed by atoms with Gasteiger partial charge in [0.2, 0.25) is 5.82 Å². The molecule has 2 nitrogen and oxygen atoms in total. The van der Waals surface area contributed by atoms with Crippen LogP contribution in [0, 0.1) is 11.6 Å². The summed E-state index contributed by atoms with van der Waals surface area (Å²) >= 11 is 0. The molecule has 0 aliphatic heterocycles. The lowest BCUT2D eigenvalue weighted by atomic mass is 9.82. The molecule has 0 heterocycles. The average Bonchev–Trinajstić information content (AvgIpc) is 2.42. The van der Waals surface area contributed by atoms with Crippen molar-refractivity contribution in [2.75, 3.05) is 6.61 Å². The smallest absolute Gasteiger partial charge is 0.200 e. The van der Waals surface area contributed by atoms with E-state index in [0.29, 0.717) is 12.2 Å². The van der Waals surface area contributed by atoms with Crippen LogP contribution in [0.15, 0.2) is 12.1 Å². The van der Waals surface area contributed by atoms with Crippen molar-refractivity contribution >= 4 is 0 Å². The Labute approximate surface area is 112 Å². The second kappa shape index (κ2) is 6.33. The number of rotatable bonds is 4. The van der Waals surface area contributed by atoms with E-state index >= 15 is 0 Å². The zero-order chi connectivity index (χ0) is 13.8. The Bertz CT molecular complexity index is 428. The Hall–Kier alpha value is -1.16. The summed E-state index contributed by atoms with van der Waals surface area (Å²) in [4.78, 5) is 0. The van der Waals surface area contributed by atoms with Crippen LogP contribution < -0.4 is 10.5 Å². The van der Waals surface area contributed by atoms with E-state index in [9.17, 15) is 8.78 Å². The van der Waals surface area contributed by atoms with Gasteiger partial charge in [-0.1, -0.05) is 13.0 Å². The SMILES string of the molecule is CCCOc1ccc(C2CCC(N)CC2)c(F)c1F. The molecule has 0 amide bonds. The summed E-state index contributed by atoms with van der Waals surface area (Å²) in [5.74, 6) is -1.53. The maximum Gasteiger partial charge on any atom is 0.200 e. The highest BCUT2D eigenvalue weighted by molar-refractivity contribution is 5.33. The lowest BCUT2D eigenvalue weighted by Gasteiger charge is -2.26. The molecule has 1 fully saturated rings. The van der Waals surface area contributed by atoms with Crippen LogP contribution in [0.25, 0.3) is 0 Å². The first kappa shape index (κ1) is 14.3. The molecule has 106 valence electrons. The summed E-state index contributed by atoms with van der Waals surface area (Å²) in [5, 5.41) is 0. The second-order valence-electron chi connectivity index (χ2n) is 5.24. The van der Waals surface area contributed by atoms with Gasteiger partial charge in [-0.2, -0.15) is 4.39 Å². The molecular formula is C15H21F2NO. The van der Waals surface area contributed by atoms with Gasteiger partial charge < -0.3 is 10.5 Å². The van der Waals surface area contributed by atoms with Gasteiger partial charge in [0.15, 0.2) is 11.6 Å². The molecule has 2 N–H and O–H groups in total. The number of hydrogen-bond acceptors (Lipinski definition) is 2. The van der Waals surface area contributed by atoms with E-state index in [0.717, 1.165) is 32.1 Å². The number of hydrogen-bond donors (Lipinski definition) is 1. The topological polar surface area (TPSA) is 35.2 Å². The fraction of sp³-hybridized carbons (Fsp3) is 0.600. The van der Waals surface area contributed by atoms with Gasteiger partial charge in [0.1, 0.15) is 0 Å². The number of nitrogens with two attached hydrogens (primary N) is 1. The molecule has 19 heavy (non-hydrogen) atoms. The first-order valence-electron chi connectivity index (χ1n) is 6.99.